The summed E-state index contributed by atoms with van der Waals surface area (Å²) in [7, 11) is 0. The summed E-state index contributed by atoms with van der Waals surface area (Å²) < 4.78 is 0. The number of carbonyl (C=O) groups excluding carboxylic acids is 1. The first-order valence-electron chi connectivity index (χ1n) is 5.30. The zero-order valence-electron chi connectivity index (χ0n) is 8.82. The Morgan fingerprint density at radius 2 is 2.13 bits per heavy atom. The van der Waals surface area contributed by atoms with Crippen LogP contribution < -0.4 is 5.32 Å². The molecular weight excluding hydrogens is 196 g/mol. The van der Waals surface area contributed by atoms with Crippen molar-refractivity contribution in [1.29, 1.82) is 0 Å². The van der Waals surface area contributed by atoms with E-state index < -0.39 is 11.4 Å². The van der Waals surface area contributed by atoms with Crippen LogP contribution in [0.3, 0.4) is 0 Å². The van der Waals surface area contributed by atoms with Crippen LogP contribution in [0.2, 0.25) is 0 Å². The Kier molecular flexibility index (Phi) is 2.32. The molecule has 1 atom stereocenters. The summed E-state index contributed by atoms with van der Waals surface area (Å²) in [6.45, 7) is 2.56. The molecule has 0 radical (unpaired) electrons. The minimum Gasteiger partial charge on any atom is -0.481 e. The summed E-state index contributed by atoms with van der Waals surface area (Å²) in [5.74, 6) is -0.816. The number of carboxylic acids is 1. The molecule has 0 spiro atoms. The summed E-state index contributed by atoms with van der Waals surface area (Å²) in [5.41, 5.74) is -0.763. The van der Waals surface area contributed by atoms with E-state index in [9.17, 15) is 9.59 Å². The summed E-state index contributed by atoms with van der Waals surface area (Å²) in [6.07, 6.45) is 2.64. The van der Waals surface area contributed by atoms with Crippen molar-refractivity contribution in [1.82, 2.24) is 10.2 Å². The van der Waals surface area contributed by atoms with Crippen LogP contribution in [-0.2, 0) is 4.79 Å². The highest BCUT2D eigenvalue weighted by Crippen LogP contribution is 2.30. The molecule has 1 aliphatic carbocycles. The van der Waals surface area contributed by atoms with E-state index in [0.29, 0.717) is 25.6 Å². The van der Waals surface area contributed by atoms with E-state index in [2.05, 4.69) is 5.32 Å². The lowest BCUT2D eigenvalue weighted by molar-refractivity contribution is -0.146. The maximum Gasteiger partial charge on any atom is 0.317 e. The molecule has 1 aliphatic heterocycles. The standard InChI is InChI=1S/C10H16N2O3/c1-10(8(13)14)4-5-12(6-10)9(15)11-7-2-3-7/h7H,2-6H2,1H3,(H,11,15)(H,13,14). The van der Waals surface area contributed by atoms with Crippen molar-refractivity contribution in [2.75, 3.05) is 13.1 Å². The fraction of sp³-hybridized carbons (Fsp3) is 0.800. The Morgan fingerprint density at radius 1 is 1.47 bits per heavy atom. The van der Waals surface area contributed by atoms with E-state index in [-0.39, 0.29) is 6.03 Å². The second kappa shape index (κ2) is 3.40. The lowest BCUT2D eigenvalue weighted by Crippen LogP contribution is -2.41. The first-order chi connectivity index (χ1) is 7.01. The van der Waals surface area contributed by atoms with Crippen LogP contribution in [0.5, 0.6) is 0 Å². The highest BCUT2D eigenvalue weighted by Gasteiger charge is 2.42. The van der Waals surface area contributed by atoms with Gasteiger partial charge in [-0.2, -0.15) is 0 Å². The number of aliphatic carboxylic acids is 1. The Hall–Kier alpha value is -1.26. The largest absolute Gasteiger partial charge is 0.481 e. The van der Waals surface area contributed by atoms with Crippen LogP contribution in [-0.4, -0.2) is 41.1 Å². The zero-order valence-corrected chi connectivity index (χ0v) is 8.82. The molecule has 2 N–H and O–H groups in total. The fourth-order valence-electron chi connectivity index (χ4n) is 1.80. The molecule has 0 aromatic heterocycles. The zero-order chi connectivity index (χ0) is 11.1. The maximum atomic E-state index is 11.6. The molecule has 84 valence electrons. The third kappa shape index (κ3) is 2.06. The number of nitrogens with one attached hydrogen (secondary N) is 1. The predicted octanol–water partition coefficient (Wildman–Crippen LogP) is 0.655. The number of carboxylic acid groups (broad SMARTS) is 1. The van der Waals surface area contributed by atoms with Gasteiger partial charge in [-0.1, -0.05) is 0 Å². The third-order valence-corrected chi connectivity index (χ3v) is 3.18. The lowest BCUT2D eigenvalue weighted by Gasteiger charge is -2.20. The molecule has 2 fully saturated rings. The van der Waals surface area contributed by atoms with Crippen molar-refractivity contribution in [3.8, 4) is 0 Å². The Balaban J connectivity index is 1.90. The van der Waals surface area contributed by atoms with E-state index in [1.165, 1.54) is 0 Å². The van der Waals surface area contributed by atoms with Gasteiger partial charge in [-0.05, 0) is 26.2 Å². The average Bonchev–Trinajstić information content (AvgIpc) is 2.87. The molecule has 1 saturated carbocycles. The SMILES string of the molecule is CC1(C(=O)O)CCN(C(=O)NC2CC2)C1. The summed E-state index contributed by atoms with van der Waals surface area (Å²) in [6, 6.07) is 0.219. The minimum atomic E-state index is -0.816. The monoisotopic (exact) mass is 212 g/mol. The number of urea groups is 1. The second-order valence-corrected chi connectivity index (χ2v) is 4.76. The highest BCUT2D eigenvalue weighted by atomic mass is 16.4. The molecule has 5 nitrogen and oxygen atoms in total. The van der Waals surface area contributed by atoms with Gasteiger partial charge in [0.15, 0.2) is 0 Å². The van der Waals surface area contributed by atoms with Crippen LogP contribution in [0.4, 0.5) is 4.79 Å². The predicted molar refractivity (Wildman–Crippen MR) is 53.5 cm³/mol. The van der Waals surface area contributed by atoms with Crippen LogP contribution in [0.1, 0.15) is 26.2 Å². The van der Waals surface area contributed by atoms with Gasteiger partial charge in [0.2, 0.25) is 0 Å². The number of likely N-dealkylation sites (tertiary alicyclic amines) is 1. The molecule has 2 amide bonds. The van der Waals surface area contributed by atoms with Crippen molar-refractivity contribution in [3.05, 3.63) is 0 Å². The van der Waals surface area contributed by atoms with E-state index in [4.69, 9.17) is 5.11 Å². The van der Waals surface area contributed by atoms with Gasteiger partial charge in [0, 0.05) is 19.1 Å². The van der Waals surface area contributed by atoms with Crippen molar-refractivity contribution in [2.45, 2.75) is 32.2 Å². The number of rotatable bonds is 2. The van der Waals surface area contributed by atoms with Gasteiger partial charge in [-0.15, -0.1) is 0 Å². The molecule has 0 aromatic carbocycles. The van der Waals surface area contributed by atoms with E-state index in [0.717, 1.165) is 12.8 Å². The number of hydrogen-bond donors (Lipinski definition) is 2. The Morgan fingerprint density at radius 3 is 2.60 bits per heavy atom. The first kappa shape index (κ1) is 10.3. The van der Waals surface area contributed by atoms with Crippen molar-refractivity contribution in [3.63, 3.8) is 0 Å². The van der Waals surface area contributed by atoms with E-state index in [1.54, 1.807) is 11.8 Å². The fourth-order valence-corrected chi connectivity index (χ4v) is 1.80. The highest BCUT2D eigenvalue weighted by molar-refractivity contribution is 5.79. The summed E-state index contributed by atoms with van der Waals surface area (Å²) >= 11 is 0. The Bertz CT molecular complexity index is 301. The van der Waals surface area contributed by atoms with Gasteiger partial charge in [0.1, 0.15) is 0 Å². The normalized spacial score (nSPS) is 30.3. The van der Waals surface area contributed by atoms with Gasteiger partial charge in [-0.25, -0.2) is 4.79 Å². The van der Waals surface area contributed by atoms with Crippen LogP contribution >= 0.6 is 0 Å². The average molecular weight is 212 g/mol. The van der Waals surface area contributed by atoms with Crippen molar-refractivity contribution in [2.24, 2.45) is 5.41 Å². The molecule has 1 unspecified atom stereocenters. The molecule has 0 bridgehead atoms. The van der Waals surface area contributed by atoms with Crippen molar-refractivity contribution >= 4 is 12.0 Å². The number of hydrogen-bond acceptors (Lipinski definition) is 2. The Labute approximate surface area is 88.4 Å². The maximum absolute atomic E-state index is 11.6. The molecule has 1 heterocycles. The third-order valence-electron chi connectivity index (χ3n) is 3.18. The quantitative estimate of drug-likeness (QED) is 0.706. The molecule has 2 rings (SSSR count). The van der Waals surface area contributed by atoms with Crippen molar-refractivity contribution < 1.29 is 14.7 Å². The number of amides is 2. The second-order valence-electron chi connectivity index (χ2n) is 4.76. The number of nitrogens with zero attached hydrogens (tertiary/aromatic N) is 1. The van der Waals surface area contributed by atoms with Gasteiger partial charge in [-0.3, -0.25) is 4.79 Å². The van der Waals surface area contributed by atoms with Gasteiger partial charge in [0.05, 0.1) is 5.41 Å². The first-order valence-corrected chi connectivity index (χ1v) is 5.30. The molecule has 2 aliphatic rings. The number of carbonyl (C=O) groups is 2. The van der Waals surface area contributed by atoms with Gasteiger partial charge in [0.25, 0.3) is 0 Å². The van der Waals surface area contributed by atoms with Gasteiger partial charge >= 0.3 is 12.0 Å². The lowest BCUT2D eigenvalue weighted by atomic mass is 9.90. The van der Waals surface area contributed by atoms with Crippen LogP contribution in [0.15, 0.2) is 0 Å². The molecule has 0 aromatic rings. The van der Waals surface area contributed by atoms with Gasteiger partial charge < -0.3 is 15.3 Å². The molecule has 1 saturated heterocycles. The van der Waals surface area contributed by atoms with Crippen LogP contribution in [0, 0.1) is 5.41 Å². The minimum absolute atomic E-state index is 0.109. The summed E-state index contributed by atoms with van der Waals surface area (Å²) in [4.78, 5) is 24.2. The molecular formula is C10H16N2O3. The topological polar surface area (TPSA) is 69.6 Å². The smallest absolute Gasteiger partial charge is 0.317 e. The summed E-state index contributed by atoms with van der Waals surface area (Å²) in [5, 5.41) is 11.9. The molecule has 15 heavy (non-hydrogen) atoms. The van der Waals surface area contributed by atoms with E-state index in [1.807, 2.05) is 0 Å². The van der Waals surface area contributed by atoms with E-state index >= 15 is 0 Å². The molecule has 5 heteroatoms. The van der Waals surface area contributed by atoms with Crippen LogP contribution in [0.25, 0.3) is 0 Å².